The zero-order valence-electron chi connectivity index (χ0n) is 6.69. The van der Waals surface area contributed by atoms with Crippen molar-refractivity contribution in [1.29, 1.82) is 0 Å². The van der Waals surface area contributed by atoms with Crippen LogP contribution in [0, 0.1) is 0 Å². The Balaban J connectivity index is 2.56. The minimum Gasteiger partial charge on any atom is -0.492 e. The molecule has 0 radical (unpaired) electrons. The Morgan fingerprint density at radius 1 is 1.38 bits per heavy atom. The number of halogens is 3. The van der Waals surface area contributed by atoms with Crippen LogP contribution in [0.1, 0.15) is 15.9 Å². The number of ether oxygens (including phenoxy) is 1. The zero-order valence-corrected chi connectivity index (χ0v) is 10.4. The molecule has 0 bridgehead atoms. The molecule has 0 aromatic heterocycles. The Kier molecular flexibility index (Phi) is 2.91. The van der Waals surface area contributed by atoms with Gasteiger partial charge in [-0.1, -0.05) is 51.9 Å². The summed E-state index contributed by atoms with van der Waals surface area (Å²) in [5.74, 6) is 0.764. The summed E-state index contributed by atoms with van der Waals surface area (Å²) in [6.07, 6.45) is 1.03. The van der Waals surface area contributed by atoms with Gasteiger partial charge in [-0.15, -0.1) is 0 Å². The van der Waals surface area contributed by atoms with Gasteiger partial charge in [-0.2, -0.15) is 0 Å². The van der Waals surface area contributed by atoms with Crippen molar-refractivity contribution in [2.75, 3.05) is 6.61 Å². The van der Waals surface area contributed by atoms with Crippen LogP contribution in [0.25, 0.3) is 0 Å². The van der Waals surface area contributed by atoms with E-state index in [0.717, 1.165) is 24.3 Å². The van der Waals surface area contributed by atoms with Crippen LogP contribution in [-0.4, -0.2) is 6.61 Å². The van der Waals surface area contributed by atoms with E-state index < -0.39 is 0 Å². The van der Waals surface area contributed by atoms with E-state index >= 15 is 0 Å². The minimum atomic E-state index is 0.483. The van der Waals surface area contributed by atoms with Crippen molar-refractivity contribution in [3.05, 3.63) is 27.7 Å². The Morgan fingerprint density at radius 2 is 2.15 bits per heavy atom. The lowest BCUT2D eigenvalue weighted by Crippen LogP contribution is -2.10. The monoisotopic (exact) mass is 328 g/mol. The molecule has 0 saturated heterocycles. The molecule has 1 aliphatic rings. The summed E-state index contributed by atoms with van der Waals surface area (Å²) in [6.45, 7) is 0.723. The van der Waals surface area contributed by atoms with Crippen LogP contribution < -0.4 is 4.74 Å². The van der Waals surface area contributed by atoms with Gasteiger partial charge in [0.25, 0.3) is 0 Å². The Hall–Kier alpha value is 0.330. The van der Waals surface area contributed by atoms with Crippen molar-refractivity contribution in [3.8, 4) is 5.75 Å². The second-order valence-electron chi connectivity index (χ2n) is 2.88. The SMILES string of the molecule is Clc1ccc2c(c1Cl)OCCC2I. The van der Waals surface area contributed by atoms with Gasteiger partial charge in [0.15, 0.2) is 0 Å². The highest BCUT2D eigenvalue weighted by atomic mass is 127. The lowest BCUT2D eigenvalue weighted by Gasteiger charge is -2.22. The third-order valence-corrected chi connectivity index (χ3v) is 4.12. The standard InChI is InChI=1S/C9H7Cl2IO/c10-6-2-1-5-7(12)3-4-13-9(5)8(6)11/h1-2,7H,3-4H2. The maximum Gasteiger partial charge on any atom is 0.143 e. The van der Waals surface area contributed by atoms with Gasteiger partial charge in [-0.05, 0) is 12.5 Å². The molecule has 0 aliphatic carbocycles. The number of hydrogen-bond donors (Lipinski definition) is 0. The van der Waals surface area contributed by atoms with Crippen molar-refractivity contribution in [2.45, 2.75) is 10.3 Å². The molecule has 0 amide bonds. The van der Waals surface area contributed by atoms with Crippen molar-refractivity contribution in [1.82, 2.24) is 0 Å². The largest absolute Gasteiger partial charge is 0.492 e. The van der Waals surface area contributed by atoms with E-state index in [-0.39, 0.29) is 0 Å². The Morgan fingerprint density at radius 3 is 2.92 bits per heavy atom. The fourth-order valence-electron chi connectivity index (χ4n) is 1.36. The Labute approximate surface area is 101 Å². The summed E-state index contributed by atoms with van der Waals surface area (Å²) < 4.78 is 5.97. The van der Waals surface area contributed by atoms with Gasteiger partial charge in [0.1, 0.15) is 10.8 Å². The van der Waals surface area contributed by atoms with Crippen LogP contribution in [0.5, 0.6) is 5.75 Å². The molecular formula is C9H7Cl2IO. The third-order valence-electron chi connectivity index (χ3n) is 2.04. The first kappa shape index (κ1) is 9.87. The van der Waals surface area contributed by atoms with E-state index in [1.807, 2.05) is 12.1 Å². The Bertz CT molecular complexity index is 341. The molecule has 13 heavy (non-hydrogen) atoms. The van der Waals surface area contributed by atoms with E-state index in [2.05, 4.69) is 22.6 Å². The molecule has 1 aromatic carbocycles. The molecule has 0 saturated carbocycles. The molecule has 1 aliphatic heterocycles. The van der Waals surface area contributed by atoms with Crippen molar-refractivity contribution in [2.24, 2.45) is 0 Å². The number of hydrogen-bond acceptors (Lipinski definition) is 1. The van der Waals surface area contributed by atoms with E-state index in [9.17, 15) is 0 Å². The van der Waals surface area contributed by atoms with Crippen LogP contribution in [0.15, 0.2) is 12.1 Å². The molecule has 1 unspecified atom stereocenters. The maximum absolute atomic E-state index is 6.02. The molecule has 4 heteroatoms. The molecule has 1 nitrogen and oxygen atoms in total. The maximum atomic E-state index is 6.02. The predicted molar refractivity (Wildman–Crippen MR) is 63.3 cm³/mol. The average Bonchev–Trinajstić information content (AvgIpc) is 2.12. The summed E-state index contributed by atoms with van der Waals surface area (Å²) in [4.78, 5) is 0. The molecule has 70 valence electrons. The summed E-state index contributed by atoms with van der Waals surface area (Å²) in [5.41, 5.74) is 1.15. The highest BCUT2D eigenvalue weighted by Crippen LogP contribution is 2.44. The fraction of sp³-hybridized carbons (Fsp3) is 0.333. The molecule has 1 heterocycles. The first-order valence-corrected chi connectivity index (χ1v) is 5.95. The molecular weight excluding hydrogens is 322 g/mol. The normalized spacial score (nSPS) is 20.7. The minimum absolute atomic E-state index is 0.483. The van der Waals surface area contributed by atoms with Crippen LogP contribution >= 0.6 is 45.8 Å². The quantitative estimate of drug-likeness (QED) is 0.511. The lowest BCUT2D eigenvalue weighted by atomic mass is 10.1. The first-order chi connectivity index (χ1) is 6.20. The van der Waals surface area contributed by atoms with E-state index in [1.54, 1.807) is 0 Å². The van der Waals surface area contributed by atoms with E-state index in [0.29, 0.717) is 14.0 Å². The van der Waals surface area contributed by atoms with Gasteiger partial charge < -0.3 is 4.74 Å². The molecule has 0 fully saturated rings. The molecule has 2 rings (SSSR count). The number of rotatable bonds is 0. The van der Waals surface area contributed by atoms with Crippen LogP contribution in [0.3, 0.4) is 0 Å². The number of alkyl halides is 1. The summed E-state index contributed by atoms with van der Waals surface area (Å²) in [6, 6.07) is 3.81. The molecule has 1 aromatic rings. The topological polar surface area (TPSA) is 9.23 Å². The summed E-state index contributed by atoms with van der Waals surface area (Å²) >= 11 is 14.3. The van der Waals surface area contributed by atoms with Crippen LogP contribution in [-0.2, 0) is 0 Å². The molecule has 0 N–H and O–H groups in total. The highest BCUT2D eigenvalue weighted by Gasteiger charge is 2.22. The van der Waals surface area contributed by atoms with Crippen LogP contribution in [0.2, 0.25) is 10.0 Å². The average molecular weight is 329 g/mol. The second-order valence-corrected chi connectivity index (χ2v) is 5.17. The van der Waals surface area contributed by atoms with Crippen molar-refractivity contribution < 1.29 is 4.74 Å². The number of benzene rings is 1. The summed E-state index contributed by atoms with van der Waals surface area (Å²) in [7, 11) is 0. The second kappa shape index (κ2) is 3.83. The van der Waals surface area contributed by atoms with Gasteiger partial charge in [0.2, 0.25) is 0 Å². The smallest absolute Gasteiger partial charge is 0.143 e. The molecule has 0 spiro atoms. The zero-order chi connectivity index (χ0) is 9.42. The third kappa shape index (κ3) is 1.76. The van der Waals surface area contributed by atoms with Gasteiger partial charge >= 0.3 is 0 Å². The fourth-order valence-corrected chi connectivity index (χ4v) is 2.48. The van der Waals surface area contributed by atoms with Gasteiger partial charge in [0.05, 0.1) is 11.6 Å². The van der Waals surface area contributed by atoms with Gasteiger partial charge in [-0.25, -0.2) is 0 Å². The highest BCUT2D eigenvalue weighted by molar-refractivity contribution is 14.1. The lowest BCUT2D eigenvalue weighted by molar-refractivity contribution is 0.289. The molecule has 1 atom stereocenters. The van der Waals surface area contributed by atoms with Gasteiger partial charge in [-0.3, -0.25) is 0 Å². The van der Waals surface area contributed by atoms with E-state index in [4.69, 9.17) is 27.9 Å². The number of fused-ring (bicyclic) bond motifs is 1. The van der Waals surface area contributed by atoms with E-state index in [1.165, 1.54) is 0 Å². The predicted octanol–water partition coefficient (Wildman–Crippen LogP) is 4.25. The van der Waals surface area contributed by atoms with Crippen molar-refractivity contribution >= 4 is 45.8 Å². The van der Waals surface area contributed by atoms with Crippen LogP contribution in [0.4, 0.5) is 0 Å². The summed E-state index contributed by atoms with van der Waals surface area (Å²) in [5, 5.41) is 1.10. The van der Waals surface area contributed by atoms with Crippen molar-refractivity contribution in [3.63, 3.8) is 0 Å². The van der Waals surface area contributed by atoms with Gasteiger partial charge in [0, 0.05) is 9.49 Å². The first-order valence-electron chi connectivity index (χ1n) is 3.95.